The van der Waals surface area contributed by atoms with E-state index in [0.29, 0.717) is 13.2 Å². The minimum Gasteiger partial charge on any atom is -0.494 e. The van der Waals surface area contributed by atoms with Crippen molar-refractivity contribution in [2.75, 3.05) is 13.2 Å². The second-order valence-electron chi connectivity index (χ2n) is 6.09. The molecule has 2 amide bonds. The van der Waals surface area contributed by atoms with Crippen LogP contribution in [-0.2, 0) is 6.54 Å². The molecule has 0 radical (unpaired) electrons. The van der Waals surface area contributed by atoms with Gasteiger partial charge in [0.25, 0.3) is 0 Å². The van der Waals surface area contributed by atoms with E-state index in [9.17, 15) is 9.90 Å². The molecular weight excluding hydrogens is 280 g/mol. The van der Waals surface area contributed by atoms with Crippen molar-refractivity contribution in [3.8, 4) is 5.75 Å². The highest BCUT2D eigenvalue weighted by Gasteiger charge is 2.25. The predicted molar refractivity (Wildman–Crippen MR) is 88.0 cm³/mol. The Balaban J connectivity index is 2.54. The summed E-state index contributed by atoms with van der Waals surface area (Å²) in [6.07, 6.45) is 0. The first kappa shape index (κ1) is 18.3. The number of urea groups is 1. The smallest absolute Gasteiger partial charge is 0.315 e. The second-order valence-corrected chi connectivity index (χ2v) is 6.09. The van der Waals surface area contributed by atoms with Crippen molar-refractivity contribution in [2.45, 2.75) is 46.8 Å². The zero-order valence-corrected chi connectivity index (χ0v) is 14.2. The highest BCUT2D eigenvalue weighted by Crippen LogP contribution is 2.20. The van der Waals surface area contributed by atoms with Crippen molar-refractivity contribution in [3.05, 3.63) is 29.3 Å². The highest BCUT2D eigenvalue weighted by atomic mass is 16.5. The van der Waals surface area contributed by atoms with E-state index in [1.54, 1.807) is 6.92 Å². The van der Waals surface area contributed by atoms with Gasteiger partial charge in [0, 0.05) is 18.7 Å². The van der Waals surface area contributed by atoms with E-state index >= 15 is 0 Å². The lowest BCUT2D eigenvalue weighted by Crippen LogP contribution is -2.47. The first-order valence-corrected chi connectivity index (χ1v) is 7.72. The Morgan fingerprint density at radius 3 is 2.64 bits per heavy atom. The average Bonchev–Trinajstić information content (AvgIpc) is 2.44. The zero-order chi connectivity index (χ0) is 16.8. The number of hydrogen-bond donors (Lipinski definition) is 3. The van der Waals surface area contributed by atoms with Crippen LogP contribution in [0.4, 0.5) is 4.79 Å². The van der Waals surface area contributed by atoms with Crippen LogP contribution in [0.15, 0.2) is 18.2 Å². The molecule has 0 saturated heterocycles. The van der Waals surface area contributed by atoms with Gasteiger partial charge in [-0.3, -0.25) is 0 Å². The molecule has 0 fully saturated rings. The average molecular weight is 308 g/mol. The fourth-order valence-electron chi connectivity index (χ4n) is 1.80. The summed E-state index contributed by atoms with van der Waals surface area (Å²) in [7, 11) is 0. The van der Waals surface area contributed by atoms with Gasteiger partial charge in [0.15, 0.2) is 0 Å². The van der Waals surface area contributed by atoms with Crippen molar-refractivity contribution >= 4 is 6.03 Å². The molecule has 0 spiro atoms. The fraction of sp³-hybridized carbons (Fsp3) is 0.588. The fourth-order valence-corrected chi connectivity index (χ4v) is 1.80. The van der Waals surface area contributed by atoms with Gasteiger partial charge >= 0.3 is 6.03 Å². The lowest BCUT2D eigenvalue weighted by molar-refractivity contribution is 0.0166. The molecule has 1 aromatic rings. The van der Waals surface area contributed by atoms with Gasteiger partial charge in [-0.2, -0.15) is 0 Å². The van der Waals surface area contributed by atoms with Crippen molar-refractivity contribution in [1.82, 2.24) is 10.6 Å². The lowest BCUT2D eigenvalue weighted by atomic mass is 9.93. The van der Waals surface area contributed by atoms with E-state index in [1.165, 1.54) is 0 Å². The molecule has 0 heterocycles. The molecule has 0 aliphatic carbocycles. The lowest BCUT2D eigenvalue weighted by Gasteiger charge is -2.27. The van der Waals surface area contributed by atoms with Gasteiger partial charge in [0.1, 0.15) is 5.75 Å². The van der Waals surface area contributed by atoms with E-state index in [4.69, 9.17) is 4.74 Å². The molecule has 1 rings (SSSR count). The maximum absolute atomic E-state index is 11.8. The van der Waals surface area contributed by atoms with Gasteiger partial charge in [0.05, 0.1) is 12.2 Å². The topological polar surface area (TPSA) is 70.6 Å². The molecule has 5 heteroatoms. The molecule has 0 aliphatic heterocycles. The van der Waals surface area contributed by atoms with Crippen molar-refractivity contribution in [1.29, 1.82) is 0 Å². The molecule has 1 atom stereocenters. The number of ether oxygens (including phenoxy) is 1. The number of rotatable bonds is 7. The summed E-state index contributed by atoms with van der Waals surface area (Å²) in [6.45, 7) is 10.7. The predicted octanol–water partition coefficient (Wildman–Crippen LogP) is 2.60. The summed E-state index contributed by atoms with van der Waals surface area (Å²) in [5.41, 5.74) is 1.13. The van der Waals surface area contributed by atoms with Crippen molar-refractivity contribution in [3.63, 3.8) is 0 Å². The van der Waals surface area contributed by atoms with Gasteiger partial charge < -0.3 is 20.5 Å². The van der Waals surface area contributed by atoms with Crippen LogP contribution in [0, 0.1) is 12.8 Å². The van der Waals surface area contributed by atoms with E-state index in [-0.39, 0.29) is 18.5 Å². The minimum absolute atomic E-state index is 0.0643. The zero-order valence-electron chi connectivity index (χ0n) is 14.2. The van der Waals surface area contributed by atoms with Crippen molar-refractivity contribution in [2.24, 2.45) is 5.92 Å². The highest BCUT2D eigenvalue weighted by molar-refractivity contribution is 5.74. The third-order valence-corrected chi connectivity index (χ3v) is 3.81. The summed E-state index contributed by atoms with van der Waals surface area (Å²) in [5.74, 6) is 0.853. The molecule has 124 valence electrons. The molecule has 22 heavy (non-hydrogen) atoms. The third-order valence-electron chi connectivity index (χ3n) is 3.81. The van der Waals surface area contributed by atoms with Crippen LogP contribution in [0.25, 0.3) is 0 Å². The quantitative estimate of drug-likeness (QED) is 0.725. The summed E-state index contributed by atoms with van der Waals surface area (Å²) in [5, 5.41) is 15.6. The molecule has 0 aliphatic rings. The number of hydrogen-bond acceptors (Lipinski definition) is 3. The second kappa shape index (κ2) is 8.03. The van der Waals surface area contributed by atoms with Gasteiger partial charge in [-0.15, -0.1) is 0 Å². The number of carbonyl (C=O) groups excluding carboxylic acids is 1. The Bertz CT molecular complexity index is 499. The van der Waals surface area contributed by atoms with Crippen LogP contribution in [0.3, 0.4) is 0 Å². The number of aryl methyl sites for hydroxylation is 1. The Labute approximate surface area is 133 Å². The Kier molecular flexibility index (Phi) is 6.68. The first-order chi connectivity index (χ1) is 10.3. The summed E-state index contributed by atoms with van der Waals surface area (Å²) in [4.78, 5) is 11.8. The normalized spacial score (nSPS) is 13.6. The molecule has 1 unspecified atom stereocenters. The van der Waals surface area contributed by atoms with E-state index < -0.39 is 5.60 Å². The molecule has 1 aromatic carbocycles. The Hall–Kier alpha value is -1.75. The van der Waals surface area contributed by atoms with Gasteiger partial charge in [-0.25, -0.2) is 4.79 Å². The van der Waals surface area contributed by atoms with Gasteiger partial charge in [-0.05, 0) is 38.3 Å². The van der Waals surface area contributed by atoms with Crippen LogP contribution >= 0.6 is 0 Å². The Morgan fingerprint density at radius 1 is 1.36 bits per heavy atom. The largest absolute Gasteiger partial charge is 0.494 e. The Morgan fingerprint density at radius 2 is 2.05 bits per heavy atom. The van der Waals surface area contributed by atoms with Crippen molar-refractivity contribution < 1.29 is 14.6 Å². The third kappa shape index (κ3) is 5.56. The molecule has 0 saturated carbocycles. The number of carbonyl (C=O) groups is 1. The monoisotopic (exact) mass is 308 g/mol. The number of benzene rings is 1. The SMILES string of the molecule is CCOc1cc(C)ccc1CNC(=O)NCC(C)(O)C(C)C. The number of nitrogens with one attached hydrogen (secondary N) is 2. The number of amides is 2. The van der Waals surface area contributed by atoms with Gasteiger partial charge in [-0.1, -0.05) is 26.0 Å². The minimum atomic E-state index is -0.919. The summed E-state index contributed by atoms with van der Waals surface area (Å²) in [6, 6.07) is 5.59. The molecule has 0 aromatic heterocycles. The molecular formula is C17H28N2O3. The molecule has 0 bridgehead atoms. The summed E-state index contributed by atoms with van der Waals surface area (Å²) >= 11 is 0. The van der Waals surface area contributed by atoms with Crippen LogP contribution in [0.2, 0.25) is 0 Å². The maximum atomic E-state index is 11.8. The van der Waals surface area contributed by atoms with Crippen LogP contribution in [-0.4, -0.2) is 29.9 Å². The molecule has 3 N–H and O–H groups in total. The van der Waals surface area contributed by atoms with E-state index in [2.05, 4.69) is 10.6 Å². The van der Waals surface area contributed by atoms with Gasteiger partial charge in [0.2, 0.25) is 0 Å². The van der Waals surface area contributed by atoms with Crippen LogP contribution < -0.4 is 15.4 Å². The standard InChI is InChI=1S/C17H28N2O3/c1-6-22-15-9-13(4)7-8-14(15)10-18-16(20)19-11-17(5,21)12(2)3/h7-9,12,21H,6,10-11H2,1-5H3,(H2,18,19,20). The number of aliphatic hydroxyl groups is 1. The summed E-state index contributed by atoms with van der Waals surface area (Å²) < 4.78 is 5.58. The van der Waals surface area contributed by atoms with Crippen LogP contribution in [0.1, 0.15) is 38.8 Å². The maximum Gasteiger partial charge on any atom is 0.315 e. The van der Waals surface area contributed by atoms with Crippen LogP contribution in [0.5, 0.6) is 5.75 Å². The van der Waals surface area contributed by atoms with E-state index in [1.807, 2.05) is 45.9 Å². The molecule has 5 nitrogen and oxygen atoms in total. The first-order valence-electron chi connectivity index (χ1n) is 7.72. The van der Waals surface area contributed by atoms with E-state index in [0.717, 1.165) is 16.9 Å².